The van der Waals surface area contributed by atoms with Crippen LogP contribution in [0.4, 0.5) is 13.2 Å². The van der Waals surface area contributed by atoms with Crippen molar-refractivity contribution in [3.8, 4) is 0 Å². The van der Waals surface area contributed by atoms with E-state index in [1.165, 1.54) is 24.3 Å². The van der Waals surface area contributed by atoms with Crippen molar-refractivity contribution in [2.24, 2.45) is 0 Å². The predicted molar refractivity (Wildman–Crippen MR) is 49.8 cm³/mol. The standard InChI is InChI=1S/C9H8BrF3O.Ce.3ClH/c1-8(14,9(11,12)13)6-2-4-7(10)5-3-6;;;;/h2-5,14H,1H3;;3*1H/q;+3;;;/p-3. The molecular weight excluding hydrogens is 507 g/mol. The summed E-state index contributed by atoms with van der Waals surface area (Å²) in [6.45, 7) is 0.732. The second-order valence-corrected chi connectivity index (χ2v) is 3.99. The molecule has 1 rings (SSSR count). The minimum absolute atomic E-state index is 0. The van der Waals surface area contributed by atoms with Gasteiger partial charge >= 0.3 is 47.9 Å². The maximum Gasteiger partial charge on any atom is 3.00 e. The van der Waals surface area contributed by atoms with E-state index in [1.54, 1.807) is 0 Å². The zero-order chi connectivity index (χ0) is 11.0. The van der Waals surface area contributed by atoms with E-state index in [9.17, 15) is 18.3 Å². The fourth-order valence-corrected chi connectivity index (χ4v) is 1.20. The molecule has 18 heavy (non-hydrogen) atoms. The minimum atomic E-state index is -4.67. The SMILES string of the molecule is CC(O)(c1ccc(Br)cc1)C(F)(F)F.[Ce+3].[Cl-].[Cl-].[Cl-]. The van der Waals surface area contributed by atoms with Gasteiger partial charge in [0.15, 0.2) is 5.60 Å². The van der Waals surface area contributed by atoms with Gasteiger partial charge in [-0.15, -0.1) is 0 Å². The van der Waals surface area contributed by atoms with Gasteiger partial charge in [-0.25, -0.2) is 0 Å². The molecule has 0 bridgehead atoms. The molecule has 0 saturated carbocycles. The summed E-state index contributed by atoms with van der Waals surface area (Å²) in [6.07, 6.45) is -4.67. The predicted octanol–water partition coefficient (Wildman–Crippen LogP) is -5.77. The van der Waals surface area contributed by atoms with E-state index in [4.69, 9.17) is 0 Å². The van der Waals surface area contributed by atoms with Crippen LogP contribution in [0.1, 0.15) is 12.5 Å². The molecule has 1 atom stereocenters. The van der Waals surface area contributed by atoms with E-state index < -0.39 is 11.8 Å². The molecule has 0 aliphatic rings. The molecule has 1 aromatic rings. The Labute approximate surface area is 164 Å². The van der Waals surface area contributed by atoms with E-state index in [-0.39, 0.29) is 84.5 Å². The molecule has 103 valence electrons. The molecule has 1 aromatic carbocycles. The van der Waals surface area contributed by atoms with Gasteiger partial charge < -0.3 is 42.3 Å². The molecule has 9 heteroatoms. The maximum atomic E-state index is 12.4. The Bertz CT molecular complexity index is 333. The van der Waals surface area contributed by atoms with Gasteiger partial charge in [0.25, 0.3) is 0 Å². The Morgan fingerprint density at radius 1 is 1.00 bits per heavy atom. The van der Waals surface area contributed by atoms with Crippen molar-refractivity contribution in [3.63, 3.8) is 0 Å². The summed E-state index contributed by atoms with van der Waals surface area (Å²) < 4.78 is 37.7. The summed E-state index contributed by atoms with van der Waals surface area (Å²) in [4.78, 5) is 0. The molecule has 0 saturated heterocycles. The second kappa shape index (κ2) is 10.4. The van der Waals surface area contributed by atoms with Crippen molar-refractivity contribution < 1.29 is 97.2 Å². The van der Waals surface area contributed by atoms with E-state index >= 15 is 0 Å². The Kier molecular flexibility index (Phi) is 16.2. The molecular formula is C9H8BrCeCl3F3O. The van der Waals surface area contributed by atoms with Crippen LogP contribution in [0.5, 0.6) is 0 Å². The largest absolute Gasteiger partial charge is 3.00 e. The van der Waals surface area contributed by atoms with Gasteiger partial charge in [0, 0.05) is 4.47 Å². The molecule has 0 aliphatic heterocycles. The molecule has 1 nitrogen and oxygen atoms in total. The summed E-state index contributed by atoms with van der Waals surface area (Å²) in [6, 6.07) is 5.38. The van der Waals surface area contributed by atoms with Crippen LogP contribution in [-0.2, 0) is 5.60 Å². The number of alkyl halides is 3. The number of halogens is 7. The fourth-order valence-electron chi connectivity index (χ4n) is 0.938. The molecule has 0 aromatic heterocycles. The Morgan fingerprint density at radius 3 is 1.61 bits per heavy atom. The molecule has 0 fully saturated rings. The Hall–Kier alpha value is 1.70. The number of hydrogen-bond donors (Lipinski definition) is 1. The smallest absolute Gasteiger partial charge is 1.00 e. The molecule has 0 spiro atoms. The third-order valence-electron chi connectivity index (χ3n) is 1.96. The number of rotatable bonds is 1. The molecule has 0 amide bonds. The summed E-state index contributed by atoms with van der Waals surface area (Å²) in [5.74, 6) is 0. The van der Waals surface area contributed by atoms with Crippen molar-refractivity contribution in [2.75, 3.05) is 0 Å². The number of hydrogen-bond acceptors (Lipinski definition) is 1. The zero-order valence-electron chi connectivity index (χ0n) is 8.90. The van der Waals surface area contributed by atoms with Crippen molar-refractivity contribution in [1.82, 2.24) is 0 Å². The quantitative estimate of drug-likeness (QED) is 0.396. The van der Waals surface area contributed by atoms with Crippen molar-refractivity contribution >= 4 is 15.9 Å². The van der Waals surface area contributed by atoms with Gasteiger partial charge in [0.1, 0.15) is 0 Å². The summed E-state index contributed by atoms with van der Waals surface area (Å²) >= 11 is 3.10. The van der Waals surface area contributed by atoms with Crippen LogP contribution in [0, 0.1) is 41.7 Å². The third kappa shape index (κ3) is 6.92. The van der Waals surface area contributed by atoms with E-state index in [2.05, 4.69) is 15.9 Å². The van der Waals surface area contributed by atoms with Crippen molar-refractivity contribution in [2.45, 2.75) is 18.7 Å². The first-order chi connectivity index (χ1) is 6.25. The van der Waals surface area contributed by atoms with Crippen LogP contribution in [0.3, 0.4) is 0 Å². The maximum absolute atomic E-state index is 12.4. The second-order valence-electron chi connectivity index (χ2n) is 3.08. The van der Waals surface area contributed by atoms with Gasteiger partial charge in [0.2, 0.25) is 0 Å². The van der Waals surface area contributed by atoms with E-state index in [0.717, 1.165) is 6.92 Å². The average Bonchev–Trinajstić information content (AvgIpc) is 2.03. The van der Waals surface area contributed by atoms with Crippen LogP contribution >= 0.6 is 15.9 Å². The van der Waals surface area contributed by atoms with Gasteiger partial charge in [-0.1, -0.05) is 28.1 Å². The first kappa shape index (κ1) is 27.9. The normalized spacial score (nSPS) is 12.8. The van der Waals surface area contributed by atoms with Gasteiger partial charge in [-0.3, -0.25) is 0 Å². The molecule has 1 N–H and O–H groups in total. The third-order valence-corrected chi connectivity index (χ3v) is 2.49. The summed E-state index contributed by atoms with van der Waals surface area (Å²) in [7, 11) is 0. The Balaban J connectivity index is -0.000000245. The topological polar surface area (TPSA) is 20.2 Å². The van der Waals surface area contributed by atoms with Gasteiger partial charge in [-0.2, -0.15) is 13.2 Å². The van der Waals surface area contributed by atoms with Crippen molar-refractivity contribution in [1.29, 1.82) is 0 Å². The van der Waals surface area contributed by atoms with Crippen LogP contribution in [-0.4, -0.2) is 11.3 Å². The monoisotopic (exact) mass is 513 g/mol. The van der Waals surface area contributed by atoms with Crippen molar-refractivity contribution in [3.05, 3.63) is 34.3 Å². The number of benzene rings is 1. The summed E-state index contributed by atoms with van der Waals surface area (Å²) in [5.41, 5.74) is -2.97. The molecule has 0 aliphatic carbocycles. The van der Waals surface area contributed by atoms with E-state index in [0.29, 0.717) is 4.47 Å². The minimum Gasteiger partial charge on any atom is -1.00 e. The first-order valence-electron chi connectivity index (χ1n) is 3.80. The molecule has 1 unspecified atom stereocenters. The zero-order valence-corrected chi connectivity index (χ0v) is 15.9. The average molecular weight is 516 g/mol. The van der Waals surface area contributed by atoms with Gasteiger partial charge in [0.05, 0.1) is 0 Å². The Morgan fingerprint density at radius 2 is 1.33 bits per heavy atom. The van der Waals surface area contributed by atoms with Crippen LogP contribution in [0.15, 0.2) is 28.7 Å². The van der Waals surface area contributed by atoms with Gasteiger partial charge in [-0.05, 0) is 24.6 Å². The first-order valence-corrected chi connectivity index (χ1v) is 4.59. The fraction of sp³-hybridized carbons (Fsp3) is 0.333. The van der Waals surface area contributed by atoms with E-state index in [1.807, 2.05) is 0 Å². The molecule has 0 heterocycles. The summed E-state index contributed by atoms with van der Waals surface area (Å²) in [5, 5.41) is 9.27. The van der Waals surface area contributed by atoms with Crippen LogP contribution < -0.4 is 37.2 Å². The van der Waals surface area contributed by atoms with Crippen LogP contribution in [0.25, 0.3) is 0 Å². The van der Waals surface area contributed by atoms with Crippen LogP contribution in [0.2, 0.25) is 0 Å². The molecule has 1 radical (unpaired) electrons. The number of aliphatic hydroxyl groups is 1.